The maximum Gasteiger partial charge on any atom is 0.331 e. The Morgan fingerprint density at radius 2 is 1.69 bits per heavy atom. The highest BCUT2D eigenvalue weighted by molar-refractivity contribution is 8.00. The van der Waals surface area contributed by atoms with E-state index in [1.807, 2.05) is 39.0 Å². The van der Waals surface area contributed by atoms with E-state index >= 15 is 0 Å². The number of carbonyl (C=O) groups excluding carboxylic acids is 2. The first-order chi connectivity index (χ1) is 13.7. The maximum atomic E-state index is 12.5. The Hall–Kier alpha value is -3.06. The molecule has 6 nitrogen and oxygen atoms in total. The molecular weight excluding hydrogens is 388 g/mol. The third-order valence-electron chi connectivity index (χ3n) is 4.14. The first-order valence-electron chi connectivity index (χ1n) is 9.03. The van der Waals surface area contributed by atoms with Gasteiger partial charge in [-0.2, -0.15) is 0 Å². The lowest BCUT2D eigenvalue weighted by atomic mass is 10.1. The van der Waals surface area contributed by atoms with Crippen molar-refractivity contribution in [3.8, 4) is 0 Å². The van der Waals surface area contributed by atoms with Gasteiger partial charge in [-0.25, -0.2) is 4.79 Å². The molecule has 1 atom stereocenters. The summed E-state index contributed by atoms with van der Waals surface area (Å²) in [4.78, 5) is 35.9. The molecule has 0 spiro atoms. The Labute approximate surface area is 174 Å². The molecule has 2 aromatic rings. The topological polar surface area (TPSA) is 95.5 Å². The van der Waals surface area contributed by atoms with Gasteiger partial charge in [-0.05, 0) is 69.2 Å². The van der Waals surface area contributed by atoms with Crippen LogP contribution in [-0.2, 0) is 14.4 Å². The molecule has 0 saturated heterocycles. The molecule has 7 heteroatoms. The predicted octanol–water partition coefficient (Wildman–Crippen LogP) is 4.39. The fourth-order valence-corrected chi connectivity index (χ4v) is 3.28. The smallest absolute Gasteiger partial charge is 0.331 e. The molecule has 2 rings (SSSR count). The van der Waals surface area contributed by atoms with Crippen LogP contribution in [0.4, 0.5) is 11.4 Å². The van der Waals surface area contributed by atoms with Crippen molar-refractivity contribution < 1.29 is 19.5 Å². The lowest BCUT2D eigenvalue weighted by molar-refractivity contribution is -0.132. The molecule has 0 aliphatic carbocycles. The summed E-state index contributed by atoms with van der Waals surface area (Å²) in [6, 6.07) is 12.9. The van der Waals surface area contributed by atoms with Crippen LogP contribution >= 0.6 is 11.8 Å². The number of thioether (sulfide) groups is 1. The van der Waals surface area contributed by atoms with Crippen LogP contribution < -0.4 is 10.6 Å². The van der Waals surface area contributed by atoms with Gasteiger partial charge in [0, 0.05) is 27.9 Å². The zero-order chi connectivity index (χ0) is 21.6. The van der Waals surface area contributed by atoms with E-state index in [4.69, 9.17) is 5.11 Å². The van der Waals surface area contributed by atoms with Crippen molar-refractivity contribution in [1.82, 2.24) is 0 Å². The normalized spacial score (nSPS) is 12.2. The molecule has 2 amide bonds. The number of aliphatic carboxylic acids is 1. The van der Waals surface area contributed by atoms with Crippen molar-refractivity contribution in [3.63, 3.8) is 0 Å². The molecule has 0 fully saturated rings. The van der Waals surface area contributed by atoms with E-state index < -0.39 is 11.9 Å². The van der Waals surface area contributed by atoms with Gasteiger partial charge in [0.15, 0.2) is 0 Å². The Morgan fingerprint density at radius 3 is 2.31 bits per heavy atom. The molecular formula is C22H24N2O4S. The summed E-state index contributed by atoms with van der Waals surface area (Å²) in [6.45, 7) is 7.12. The average Bonchev–Trinajstić information content (AvgIpc) is 2.66. The van der Waals surface area contributed by atoms with Crippen molar-refractivity contribution in [3.05, 3.63) is 65.2 Å². The van der Waals surface area contributed by atoms with E-state index in [1.54, 1.807) is 24.3 Å². The van der Waals surface area contributed by atoms with Crippen LogP contribution in [0.15, 0.2) is 59.0 Å². The number of benzene rings is 2. The summed E-state index contributed by atoms with van der Waals surface area (Å²) in [5.74, 6) is -1.73. The summed E-state index contributed by atoms with van der Waals surface area (Å²) in [6.07, 6.45) is 1.03. The van der Waals surface area contributed by atoms with Gasteiger partial charge in [0.25, 0.3) is 0 Å². The molecule has 0 aliphatic heterocycles. The number of hydrogen-bond donors (Lipinski definition) is 3. The fourth-order valence-electron chi connectivity index (χ4n) is 2.42. The second-order valence-corrected chi connectivity index (χ2v) is 8.13. The largest absolute Gasteiger partial charge is 0.478 e. The lowest BCUT2D eigenvalue weighted by Crippen LogP contribution is -2.22. The van der Waals surface area contributed by atoms with Crippen LogP contribution in [0.2, 0.25) is 0 Å². The second-order valence-electron chi connectivity index (χ2n) is 6.71. The molecule has 2 aromatic carbocycles. The Kier molecular flexibility index (Phi) is 7.61. The second kappa shape index (κ2) is 9.93. The summed E-state index contributed by atoms with van der Waals surface area (Å²) in [5.41, 5.74) is 3.40. The van der Waals surface area contributed by atoms with E-state index in [-0.39, 0.29) is 16.7 Å². The van der Waals surface area contributed by atoms with Gasteiger partial charge in [-0.3, -0.25) is 9.59 Å². The number of carboxylic acids is 1. The van der Waals surface area contributed by atoms with Crippen LogP contribution in [0, 0.1) is 13.8 Å². The number of anilines is 2. The van der Waals surface area contributed by atoms with Crippen molar-refractivity contribution in [1.29, 1.82) is 0 Å². The molecule has 0 saturated carbocycles. The Bertz CT molecular complexity index is 952. The van der Waals surface area contributed by atoms with Gasteiger partial charge >= 0.3 is 5.97 Å². The van der Waals surface area contributed by atoms with E-state index in [9.17, 15) is 14.4 Å². The Morgan fingerprint density at radius 1 is 1.03 bits per heavy atom. The monoisotopic (exact) mass is 412 g/mol. The highest BCUT2D eigenvalue weighted by Crippen LogP contribution is 2.26. The summed E-state index contributed by atoms with van der Waals surface area (Å²) < 4.78 is 0. The quantitative estimate of drug-likeness (QED) is 0.463. The molecule has 0 bridgehead atoms. The standard InChI is InChI=1S/C22H24N2O4S/c1-13-5-6-14(2)19(11-13)24-21(26)16(4)29-18-9-7-17(8-10-18)23-20(25)12-15(3)22(27)28/h5-12,16H,1-4H3,(H,23,25)(H,24,26)(H,27,28)/b15-12-/t16-/m0/s1. The van der Waals surface area contributed by atoms with E-state index in [2.05, 4.69) is 10.6 Å². The van der Waals surface area contributed by atoms with Gasteiger partial charge in [-0.15, -0.1) is 11.8 Å². The number of amides is 2. The minimum atomic E-state index is -1.14. The van der Waals surface area contributed by atoms with Crippen LogP contribution in [0.1, 0.15) is 25.0 Å². The zero-order valence-electron chi connectivity index (χ0n) is 16.8. The van der Waals surface area contributed by atoms with Crippen molar-refractivity contribution >= 4 is 40.9 Å². The molecule has 0 aliphatic rings. The third kappa shape index (κ3) is 6.80. The lowest BCUT2D eigenvalue weighted by Gasteiger charge is -2.14. The zero-order valence-corrected chi connectivity index (χ0v) is 17.6. The van der Waals surface area contributed by atoms with Gasteiger partial charge in [-0.1, -0.05) is 12.1 Å². The molecule has 0 heterocycles. The highest BCUT2D eigenvalue weighted by Gasteiger charge is 2.15. The van der Waals surface area contributed by atoms with Crippen molar-refractivity contribution in [2.24, 2.45) is 0 Å². The maximum absolute atomic E-state index is 12.5. The number of aryl methyl sites for hydroxylation is 2. The highest BCUT2D eigenvalue weighted by atomic mass is 32.2. The van der Waals surface area contributed by atoms with Gasteiger partial charge in [0.2, 0.25) is 11.8 Å². The van der Waals surface area contributed by atoms with Crippen LogP contribution in [0.25, 0.3) is 0 Å². The van der Waals surface area contributed by atoms with E-state index in [1.165, 1.54) is 18.7 Å². The molecule has 3 N–H and O–H groups in total. The van der Waals surface area contributed by atoms with Crippen LogP contribution in [0.3, 0.4) is 0 Å². The first kappa shape index (κ1) is 22.2. The van der Waals surface area contributed by atoms with Gasteiger partial charge in [0.1, 0.15) is 0 Å². The molecule has 29 heavy (non-hydrogen) atoms. The average molecular weight is 413 g/mol. The van der Waals surface area contributed by atoms with E-state index in [0.717, 1.165) is 27.8 Å². The van der Waals surface area contributed by atoms with Crippen molar-refractivity contribution in [2.75, 3.05) is 10.6 Å². The number of carboxylic acid groups (broad SMARTS) is 1. The van der Waals surface area contributed by atoms with Gasteiger partial charge < -0.3 is 15.7 Å². The SMILES string of the molecule is C/C(=C/C(=O)Nc1ccc(S[C@@H](C)C(=O)Nc2cc(C)ccc2C)cc1)C(=O)O. The molecule has 0 radical (unpaired) electrons. The third-order valence-corrected chi connectivity index (χ3v) is 5.25. The fraction of sp³-hybridized carbons (Fsp3) is 0.227. The summed E-state index contributed by atoms with van der Waals surface area (Å²) >= 11 is 1.41. The number of nitrogens with one attached hydrogen (secondary N) is 2. The summed E-state index contributed by atoms with van der Waals surface area (Å²) in [7, 11) is 0. The number of hydrogen-bond acceptors (Lipinski definition) is 4. The molecule has 0 unspecified atom stereocenters. The Balaban J connectivity index is 1.95. The molecule has 152 valence electrons. The molecule has 0 aromatic heterocycles. The first-order valence-corrected chi connectivity index (χ1v) is 9.91. The number of rotatable bonds is 7. The van der Waals surface area contributed by atoms with E-state index in [0.29, 0.717) is 5.69 Å². The predicted molar refractivity (Wildman–Crippen MR) is 116 cm³/mol. The van der Waals surface area contributed by atoms with Crippen molar-refractivity contribution in [2.45, 2.75) is 37.8 Å². The minimum Gasteiger partial charge on any atom is -0.478 e. The minimum absolute atomic E-state index is 0.0432. The summed E-state index contributed by atoms with van der Waals surface area (Å²) in [5, 5.41) is 14.1. The van der Waals surface area contributed by atoms with Crippen LogP contribution in [0.5, 0.6) is 0 Å². The number of carbonyl (C=O) groups is 3. The van der Waals surface area contributed by atoms with Crippen LogP contribution in [-0.4, -0.2) is 28.1 Å². The van der Waals surface area contributed by atoms with Gasteiger partial charge in [0.05, 0.1) is 5.25 Å².